The quantitative estimate of drug-likeness (QED) is 0.344. The van der Waals surface area contributed by atoms with Gasteiger partial charge in [0, 0.05) is 16.6 Å². The number of Topliss-reactive ketones (excluding diaryl/α,β-unsaturated/α-hetero) is 1. The van der Waals surface area contributed by atoms with E-state index < -0.39 is 22.8 Å². The summed E-state index contributed by atoms with van der Waals surface area (Å²) < 4.78 is 10.0. The van der Waals surface area contributed by atoms with Crippen molar-refractivity contribution in [2.24, 2.45) is 16.7 Å². The van der Waals surface area contributed by atoms with Crippen molar-refractivity contribution in [3.63, 3.8) is 0 Å². The lowest BCUT2D eigenvalue weighted by Crippen LogP contribution is -2.40. The first-order valence-corrected chi connectivity index (χ1v) is 8.46. The van der Waals surface area contributed by atoms with E-state index in [-0.39, 0.29) is 24.7 Å². The van der Waals surface area contributed by atoms with E-state index in [1.807, 2.05) is 6.07 Å². The van der Waals surface area contributed by atoms with Gasteiger partial charge in [0.05, 0.1) is 13.7 Å². The summed E-state index contributed by atoms with van der Waals surface area (Å²) >= 11 is 0. The number of esters is 2. The Balaban J connectivity index is 1.96. The van der Waals surface area contributed by atoms with E-state index in [2.05, 4.69) is 6.58 Å². The lowest BCUT2D eigenvalue weighted by Gasteiger charge is -2.29. The van der Waals surface area contributed by atoms with Crippen molar-refractivity contribution in [1.82, 2.24) is 0 Å². The molecule has 1 aromatic carbocycles. The van der Waals surface area contributed by atoms with Crippen molar-refractivity contribution >= 4 is 17.7 Å². The first-order valence-electron chi connectivity index (χ1n) is 8.46. The molecule has 0 aliphatic heterocycles. The van der Waals surface area contributed by atoms with Crippen molar-refractivity contribution < 1.29 is 23.9 Å². The highest BCUT2D eigenvalue weighted by Gasteiger charge is 2.72. The third-order valence-electron chi connectivity index (χ3n) is 5.61. The summed E-state index contributed by atoms with van der Waals surface area (Å²) in [6, 6.07) is 8.76. The van der Waals surface area contributed by atoms with Gasteiger partial charge in [-0.05, 0) is 32.1 Å². The van der Waals surface area contributed by atoms with Gasteiger partial charge in [-0.25, -0.2) is 4.79 Å². The largest absolute Gasteiger partial charge is 0.466 e. The minimum atomic E-state index is -1.25. The Labute approximate surface area is 147 Å². The van der Waals surface area contributed by atoms with E-state index in [0.29, 0.717) is 17.6 Å². The molecule has 2 aliphatic carbocycles. The molecule has 0 aromatic heterocycles. The molecular formula is C20H22O5. The summed E-state index contributed by atoms with van der Waals surface area (Å²) in [7, 11) is 1.31. The van der Waals surface area contributed by atoms with Crippen LogP contribution in [0.25, 0.3) is 0 Å². The number of ketones is 1. The first-order chi connectivity index (χ1) is 11.9. The SMILES string of the molecule is C=C(C(=O)OC)C12CC1CC(C(=O)OCC)(C(=O)c1ccccc1)C2. The number of carbonyl (C=O) groups excluding carboxylic acids is 3. The summed E-state index contributed by atoms with van der Waals surface area (Å²) in [5.74, 6) is -1.14. The van der Waals surface area contributed by atoms with Gasteiger partial charge in [-0.2, -0.15) is 0 Å². The Kier molecular flexibility index (Phi) is 4.27. The Morgan fingerprint density at radius 1 is 1.20 bits per heavy atom. The number of methoxy groups -OCH3 is 1. The number of rotatable bonds is 6. The minimum Gasteiger partial charge on any atom is -0.466 e. The van der Waals surface area contributed by atoms with Crippen LogP contribution < -0.4 is 0 Å². The lowest BCUT2D eigenvalue weighted by atomic mass is 9.73. The smallest absolute Gasteiger partial charge is 0.333 e. The van der Waals surface area contributed by atoms with E-state index in [1.54, 1.807) is 31.2 Å². The molecule has 132 valence electrons. The summed E-state index contributed by atoms with van der Waals surface area (Å²) in [6.07, 6.45) is 1.39. The molecule has 5 nitrogen and oxygen atoms in total. The fraction of sp³-hybridized carbons (Fsp3) is 0.450. The summed E-state index contributed by atoms with van der Waals surface area (Å²) in [5.41, 5.74) is -0.940. The standard InChI is InChI=1S/C20H22O5/c1-4-25-18(23)20(16(21)14-8-6-5-7-9-14)11-15-10-19(15,12-20)13(2)17(22)24-3/h5-9,15H,2,4,10-12H2,1,3H3. The fourth-order valence-electron chi connectivity index (χ4n) is 4.26. The molecule has 0 N–H and O–H groups in total. The second-order valence-corrected chi connectivity index (χ2v) is 6.91. The van der Waals surface area contributed by atoms with Gasteiger partial charge >= 0.3 is 11.9 Å². The number of hydrogen-bond acceptors (Lipinski definition) is 5. The Morgan fingerprint density at radius 2 is 1.88 bits per heavy atom. The molecule has 2 aliphatic rings. The van der Waals surface area contributed by atoms with Crippen molar-refractivity contribution in [3.05, 3.63) is 48.0 Å². The van der Waals surface area contributed by atoms with Crippen LogP contribution >= 0.6 is 0 Å². The van der Waals surface area contributed by atoms with Crippen molar-refractivity contribution in [3.8, 4) is 0 Å². The minimum absolute atomic E-state index is 0.0798. The van der Waals surface area contributed by atoms with Crippen LogP contribution in [0.4, 0.5) is 0 Å². The third-order valence-corrected chi connectivity index (χ3v) is 5.61. The second-order valence-electron chi connectivity index (χ2n) is 6.91. The third kappa shape index (κ3) is 2.58. The van der Waals surface area contributed by atoms with E-state index in [1.165, 1.54) is 7.11 Å². The van der Waals surface area contributed by atoms with E-state index in [0.717, 1.165) is 6.42 Å². The summed E-state index contributed by atoms with van der Waals surface area (Å²) in [5, 5.41) is 0. The maximum atomic E-state index is 13.2. The lowest BCUT2D eigenvalue weighted by molar-refractivity contribution is -0.153. The first kappa shape index (κ1) is 17.4. The topological polar surface area (TPSA) is 69.7 Å². The Hall–Kier alpha value is -2.43. The van der Waals surface area contributed by atoms with Crippen LogP contribution in [0.2, 0.25) is 0 Å². The van der Waals surface area contributed by atoms with Gasteiger partial charge in [0.2, 0.25) is 0 Å². The molecule has 3 unspecified atom stereocenters. The van der Waals surface area contributed by atoms with Gasteiger partial charge in [0.15, 0.2) is 5.78 Å². The molecule has 0 spiro atoms. The molecule has 5 heteroatoms. The molecule has 3 rings (SSSR count). The maximum absolute atomic E-state index is 13.2. The van der Waals surface area contributed by atoms with Crippen molar-refractivity contribution in [2.75, 3.05) is 13.7 Å². The molecule has 0 amide bonds. The average molecular weight is 342 g/mol. The van der Waals surface area contributed by atoms with Gasteiger partial charge in [-0.3, -0.25) is 9.59 Å². The molecule has 25 heavy (non-hydrogen) atoms. The number of benzene rings is 1. The van der Waals surface area contributed by atoms with E-state index in [9.17, 15) is 14.4 Å². The second kappa shape index (κ2) is 6.14. The summed E-state index contributed by atoms with van der Waals surface area (Å²) in [4.78, 5) is 37.9. The molecule has 0 saturated heterocycles. The maximum Gasteiger partial charge on any atom is 0.333 e. The number of carbonyl (C=O) groups is 3. The number of hydrogen-bond donors (Lipinski definition) is 0. The molecule has 2 fully saturated rings. The predicted octanol–water partition coefficient (Wildman–Crippen LogP) is 2.95. The molecule has 2 saturated carbocycles. The van der Waals surface area contributed by atoms with Crippen LogP contribution in [-0.2, 0) is 19.1 Å². The van der Waals surface area contributed by atoms with Crippen molar-refractivity contribution in [2.45, 2.75) is 26.2 Å². The van der Waals surface area contributed by atoms with Gasteiger partial charge in [0.25, 0.3) is 0 Å². The zero-order valence-corrected chi connectivity index (χ0v) is 14.5. The highest BCUT2D eigenvalue weighted by Crippen LogP contribution is 2.73. The predicted molar refractivity (Wildman–Crippen MR) is 90.8 cm³/mol. The average Bonchev–Trinajstić information content (AvgIpc) is 3.22. The highest BCUT2D eigenvalue weighted by molar-refractivity contribution is 6.13. The normalized spacial score (nSPS) is 29.4. The Bertz CT molecular complexity index is 738. The monoisotopic (exact) mass is 342 g/mol. The molecule has 0 radical (unpaired) electrons. The van der Waals surface area contributed by atoms with Gasteiger partial charge in [-0.15, -0.1) is 0 Å². The van der Waals surface area contributed by atoms with E-state index in [4.69, 9.17) is 9.47 Å². The Morgan fingerprint density at radius 3 is 2.48 bits per heavy atom. The number of ether oxygens (including phenoxy) is 2. The van der Waals surface area contributed by atoms with Crippen LogP contribution in [0.5, 0.6) is 0 Å². The van der Waals surface area contributed by atoms with Gasteiger partial charge in [-0.1, -0.05) is 36.9 Å². The van der Waals surface area contributed by atoms with Crippen LogP contribution in [0.15, 0.2) is 42.5 Å². The van der Waals surface area contributed by atoms with Crippen molar-refractivity contribution in [1.29, 1.82) is 0 Å². The molecule has 3 atom stereocenters. The zero-order chi connectivity index (χ0) is 18.2. The molecular weight excluding hydrogens is 320 g/mol. The van der Waals surface area contributed by atoms with Crippen LogP contribution in [0.1, 0.15) is 36.5 Å². The number of fused-ring (bicyclic) bond motifs is 1. The van der Waals surface area contributed by atoms with Crippen LogP contribution in [0.3, 0.4) is 0 Å². The van der Waals surface area contributed by atoms with Crippen LogP contribution in [-0.4, -0.2) is 31.4 Å². The fourth-order valence-corrected chi connectivity index (χ4v) is 4.26. The molecule has 0 bridgehead atoms. The van der Waals surface area contributed by atoms with Gasteiger partial charge in [0.1, 0.15) is 5.41 Å². The highest BCUT2D eigenvalue weighted by atomic mass is 16.5. The molecule has 0 heterocycles. The van der Waals surface area contributed by atoms with Crippen LogP contribution in [0, 0.1) is 16.7 Å². The zero-order valence-electron chi connectivity index (χ0n) is 14.5. The van der Waals surface area contributed by atoms with Gasteiger partial charge < -0.3 is 9.47 Å². The molecule has 1 aromatic rings. The van der Waals surface area contributed by atoms with E-state index >= 15 is 0 Å². The summed E-state index contributed by atoms with van der Waals surface area (Å²) in [6.45, 7) is 5.81.